The number of quaternary nitrogens is 2. The molecule has 1 atom stereocenters. The van der Waals surface area contributed by atoms with Crippen LogP contribution in [0.3, 0.4) is 0 Å². The molecule has 0 radical (unpaired) electrons. The van der Waals surface area contributed by atoms with Crippen molar-refractivity contribution in [3.8, 4) is 0 Å². The molecule has 1 saturated carbocycles. The predicted octanol–water partition coefficient (Wildman–Crippen LogP) is 0.526. The molecule has 1 aliphatic carbocycles. The van der Waals surface area contributed by atoms with Crippen LogP contribution in [0, 0.1) is 0 Å². The smallest absolute Gasteiger partial charge is 0.214 e. The number of anilines is 1. The van der Waals surface area contributed by atoms with Crippen LogP contribution in [0.15, 0.2) is 24.3 Å². The first-order valence-electron chi connectivity index (χ1n) is 11.8. The summed E-state index contributed by atoms with van der Waals surface area (Å²) >= 11 is 0. The minimum absolute atomic E-state index is 0.187. The van der Waals surface area contributed by atoms with Crippen molar-refractivity contribution in [3.05, 3.63) is 35.7 Å². The predicted molar refractivity (Wildman–Crippen MR) is 119 cm³/mol. The molecule has 30 heavy (non-hydrogen) atoms. The zero-order valence-corrected chi connectivity index (χ0v) is 19.1. The third kappa shape index (κ3) is 4.52. The van der Waals surface area contributed by atoms with Crippen molar-refractivity contribution < 1.29 is 9.80 Å². The van der Waals surface area contributed by atoms with Gasteiger partial charge < -0.3 is 14.7 Å². The van der Waals surface area contributed by atoms with E-state index in [9.17, 15) is 0 Å². The zero-order valence-electron chi connectivity index (χ0n) is 19.1. The van der Waals surface area contributed by atoms with E-state index in [1.165, 1.54) is 69.5 Å². The van der Waals surface area contributed by atoms with Gasteiger partial charge in [-0.1, -0.05) is 18.6 Å². The van der Waals surface area contributed by atoms with Crippen LogP contribution in [0.1, 0.15) is 69.4 Å². The Hall–Kier alpha value is -1.99. The quantitative estimate of drug-likeness (QED) is 0.725. The number of nitrogens with one attached hydrogen (secondary N) is 2. The Balaban J connectivity index is 1.57. The molecule has 2 aromatic rings. The molecular formula is C23H39N7+2. The van der Waals surface area contributed by atoms with Crippen molar-refractivity contribution in [2.75, 3.05) is 45.2 Å². The van der Waals surface area contributed by atoms with Gasteiger partial charge in [-0.25, -0.2) is 4.68 Å². The Labute approximate surface area is 181 Å². The maximum Gasteiger partial charge on any atom is 0.214 e. The van der Waals surface area contributed by atoms with Crippen molar-refractivity contribution in [3.63, 3.8) is 0 Å². The molecule has 1 aromatic heterocycles. The summed E-state index contributed by atoms with van der Waals surface area (Å²) < 4.78 is 2.01. The molecule has 0 amide bonds. The lowest BCUT2D eigenvalue weighted by molar-refractivity contribution is -1.03. The number of benzene rings is 1. The minimum Gasteiger partial charge on any atom is -0.378 e. The number of piperazine rings is 1. The Morgan fingerprint density at radius 3 is 2.23 bits per heavy atom. The van der Waals surface area contributed by atoms with E-state index < -0.39 is 0 Å². The molecule has 0 bridgehead atoms. The van der Waals surface area contributed by atoms with E-state index in [2.05, 4.69) is 72.6 Å². The number of tetrazole rings is 1. The Bertz CT molecular complexity index is 784. The van der Waals surface area contributed by atoms with Gasteiger partial charge in [0.05, 0.1) is 12.1 Å². The van der Waals surface area contributed by atoms with Crippen molar-refractivity contribution >= 4 is 5.69 Å². The molecule has 2 heterocycles. The average molecular weight is 414 g/mol. The summed E-state index contributed by atoms with van der Waals surface area (Å²) in [7, 11) is 4.18. The second-order valence-electron chi connectivity index (χ2n) is 9.65. The van der Waals surface area contributed by atoms with Gasteiger partial charge in [0.25, 0.3) is 0 Å². The van der Waals surface area contributed by atoms with Gasteiger partial charge in [-0.2, -0.15) is 0 Å². The molecule has 0 spiro atoms. The van der Waals surface area contributed by atoms with Crippen molar-refractivity contribution in [1.82, 2.24) is 20.2 Å². The van der Waals surface area contributed by atoms with Crippen LogP contribution in [-0.2, 0) is 0 Å². The molecule has 2 aliphatic rings. The summed E-state index contributed by atoms with van der Waals surface area (Å²) in [6.07, 6.45) is 7.13. The lowest BCUT2D eigenvalue weighted by Gasteiger charge is -2.38. The van der Waals surface area contributed by atoms with E-state index >= 15 is 0 Å². The molecule has 4 rings (SSSR count). The molecule has 164 valence electrons. The van der Waals surface area contributed by atoms with Crippen LogP contribution in [0.25, 0.3) is 0 Å². The van der Waals surface area contributed by atoms with E-state index in [1.807, 2.05) is 9.58 Å². The van der Waals surface area contributed by atoms with E-state index in [1.54, 1.807) is 4.90 Å². The molecule has 1 aliphatic heterocycles. The molecule has 2 fully saturated rings. The number of hydrogen-bond donors (Lipinski definition) is 2. The second-order valence-corrected chi connectivity index (χ2v) is 9.65. The highest BCUT2D eigenvalue weighted by molar-refractivity contribution is 5.46. The third-order valence-electron chi connectivity index (χ3n) is 7.13. The van der Waals surface area contributed by atoms with Crippen LogP contribution in [0.5, 0.6) is 0 Å². The Morgan fingerprint density at radius 2 is 1.63 bits per heavy atom. The second kappa shape index (κ2) is 9.43. The lowest BCUT2D eigenvalue weighted by atomic mass is 9.93. The number of hydrogen-bond acceptors (Lipinski definition) is 4. The van der Waals surface area contributed by atoms with Gasteiger partial charge in [0.15, 0.2) is 6.04 Å². The van der Waals surface area contributed by atoms with Gasteiger partial charge in [0.2, 0.25) is 5.82 Å². The van der Waals surface area contributed by atoms with Crippen LogP contribution < -0.4 is 14.7 Å². The van der Waals surface area contributed by atoms with Gasteiger partial charge in [-0.3, -0.25) is 0 Å². The summed E-state index contributed by atoms with van der Waals surface area (Å²) in [5.41, 5.74) is 2.54. The first-order valence-corrected chi connectivity index (χ1v) is 11.8. The fourth-order valence-corrected chi connectivity index (χ4v) is 5.39. The fourth-order valence-electron chi connectivity index (χ4n) is 5.39. The van der Waals surface area contributed by atoms with Crippen molar-refractivity contribution in [1.29, 1.82) is 0 Å². The third-order valence-corrected chi connectivity index (χ3v) is 7.13. The van der Waals surface area contributed by atoms with Gasteiger partial charge >= 0.3 is 0 Å². The zero-order chi connectivity index (χ0) is 21.1. The SMILES string of the molecule is CC(C)n1nnnc1[C@H](c1ccc(N(C)C)cc1)[NH+]1CC[NH+](C2CCCCC2)CC1. The number of rotatable bonds is 6. The van der Waals surface area contributed by atoms with Gasteiger partial charge in [-0.05, 0) is 62.1 Å². The van der Waals surface area contributed by atoms with E-state index in [-0.39, 0.29) is 12.1 Å². The molecule has 7 nitrogen and oxygen atoms in total. The largest absolute Gasteiger partial charge is 0.378 e. The van der Waals surface area contributed by atoms with Crippen molar-refractivity contribution in [2.45, 2.75) is 64.1 Å². The maximum atomic E-state index is 4.52. The van der Waals surface area contributed by atoms with Crippen LogP contribution >= 0.6 is 0 Å². The van der Waals surface area contributed by atoms with E-state index in [0.29, 0.717) is 0 Å². The van der Waals surface area contributed by atoms with Gasteiger partial charge in [-0.15, -0.1) is 5.10 Å². The highest BCUT2D eigenvalue weighted by Gasteiger charge is 2.38. The summed E-state index contributed by atoms with van der Waals surface area (Å²) in [4.78, 5) is 5.59. The van der Waals surface area contributed by atoms with Crippen molar-refractivity contribution in [2.24, 2.45) is 0 Å². The standard InChI is InChI=1S/C23H37N7/c1-18(2)30-23(24-25-26-30)22(19-10-12-20(13-11-19)27(3)4)29-16-14-28(15-17-29)21-8-6-5-7-9-21/h10-13,18,21-22H,5-9,14-17H2,1-4H3/p+2/t22-/m0/s1. The molecule has 1 saturated heterocycles. The normalized spacial score (nSPS) is 24.2. The first-order chi connectivity index (χ1) is 14.5. The van der Waals surface area contributed by atoms with Gasteiger partial charge in [0, 0.05) is 25.3 Å². The van der Waals surface area contributed by atoms with Crippen LogP contribution in [0.4, 0.5) is 5.69 Å². The van der Waals surface area contributed by atoms with Crippen LogP contribution in [0.2, 0.25) is 0 Å². The van der Waals surface area contributed by atoms with E-state index in [0.717, 1.165) is 11.9 Å². The van der Waals surface area contributed by atoms with Gasteiger partial charge in [0.1, 0.15) is 26.2 Å². The molecule has 0 unspecified atom stereocenters. The average Bonchev–Trinajstić information content (AvgIpc) is 3.25. The summed E-state index contributed by atoms with van der Waals surface area (Å²) in [5.74, 6) is 0.999. The molecule has 2 N–H and O–H groups in total. The Morgan fingerprint density at radius 1 is 0.967 bits per heavy atom. The van der Waals surface area contributed by atoms with Crippen LogP contribution in [-0.4, -0.2) is 66.5 Å². The molecular weight excluding hydrogens is 374 g/mol. The highest BCUT2D eigenvalue weighted by atomic mass is 15.6. The minimum atomic E-state index is 0.187. The summed E-state index contributed by atoms with van der Waals surface area (Å²) in [6, 6.07) is 10.3. The first kappa shape index (κ1) is 21.2. The highest BCUT2D eigenvalue weighted by Crippen LogP contribution is 2.22. The topological polar surface area (TPSA) is 55.7 Å². The Kier molecular flexibility index (Phi) is 6.68. The number of nitrogens with zero attached hydrogens (tertiary/aromatic N) is 5. The summed E-state index contributed by atoms with van der Waals surface area (Å²) in [6.45, 7) is 9.19. The summed E-state index contributed by atoms with van der Waals surface area (Å²) in [5, 5.41) is 12.9. The van der Waals surface area contributed by atoms with E-state index in [4.69, 9.17) is 0 Å². The fraction of sp³-hybridized carbons (Fsp3) is 0.696. The lowest BCUT2D eigenvalue weighted by Crippen LogP contribution is -3.29. The monoisotopic (exact) mass is 413 g/mol. The molecule has 1 aromatic carbocycles. The maximum absolute atomic E-state index is 4.52. The number of aromatic nitrogens is 4. The molecule has 7 heteroatoms.